The molecule has 2 aromatic rings. The normalized spacial score (nSPS) is 11.2. The van der Waals surface area contributed by atoms with E-state index in [0.717, 1.165) is 24.2 Å². The highest BCUT2D eigenvalue weighted by Gasteiger charge is 2.16. The minimum absolute atomic E-state index is 0.0981. The smallest absolute Gasteiger partial charge is 0.263 e. The lowest BCUT2D eigenvalue weighted by Crippen LogP contribution is -2.26. The van der Waals surface area contributed by atoms with E-state index in [1.54, 1.807) is 5.38 Å². The number of benzene rings is 1. The number of nitrogens with zero attached hydrogens (tertiary/aromatic N) is 1. The fraction of sp³-hybridized carbons (Fsp3) is 0.333. The number of rotatable bonds is 8. The molecule has 0 aliphatic carbocycles. The highest BCUT2D eigenvalue weighted by Crippen LogP contribution is 2.21. The van der Waals surface area contributed by atoms with Gasteiger partial charge < -0.3 is 5.32 Å². The molecule has 0 aliphatic heterocycles. The van der Waals surface area contributed by atoms with Gasteiger partial charge in [0.2, 0.25) is 5.91 Å². The molecule has 1 amide bonds. The highest BCUT2D eigenvalue weighted by atomic mass is 35.5. The van der Waals surface area contributed by atoms with Gasteiger partial charge in [-0.25, -0.2) is 13.4 Å². The molecule has 0 atom stereocenters. The van der Waals surface area contributed by atoms with E-state index in [0.29, 0.717) is 17.3 Å². The van der Waals surface area contributed by atoms with Gasteiger partial charge in [0.25, 0.3) is 10.0 Å². The van der Waals surface area contributed by atoms with Gasteiger partial charge in [0.15, 0.2) is 5.13 Å². The number of nitrogens with one attached hydrogen (secondary N) is 2. The summed E-state index contributed by atoms with van der Waals surface area (Å²) in [6.07, 6.45) is 2.06. The summed E-state index contributed by atoms with van der Waals surface area (Å²) in [5, 5.41) is 5.14. The van der Waals surface area contributed by atoms with E-state index in [-0.39, 0.29) is 22.4 Å². The summed E-state index contributed by atoms with van der Waals surface area (Å²) in [6, 6.07) is 5.84. The number of halogens is 1. The van der Waals surface area contributed by atoms with E-state index in [1.807, 2.05) is 6.92 Å². The van der Waals surface area contributed by atoms with Gasteiger partial charge in [-0.15, -0.1) is 11.3 Å². The Balaban J connectivity index is 1.98. The van der Waals surface area contributed by atoms with E-state index in [1.165, 1.54) is 24.3 Å². The Kier molecular flexibility index (Phi) is 6.59. The molecule has 0 radical (unpaired) electrons. The lowest BCUT2D eigenvalue weighted by molar-refractivity contribution is -0.120. The zero-order valence-corrected chi connectivity index (χ0v) is 15.5. The Morgan fingerprint density at radius 1 is 1.29 bits per heavy atom. The van der Waals surface area contributed by atoms with Gasteiger partial charge in [-0.05, 0) is 30.7 Å². The monoisotopic (exact) mass is 387 g/mol. The summed E-state index contributed by atoms with van der Waals surface area (Å²) in [5.41, 5.74) is 0.530. The molecule has 0 aliphatic rings. The Hall–Kier alpha value is -1.64. The molecule has 0 spiro atoms. The number of aromatic nitrogens is 1. The highest BCUT2D eigenvalue weighted by molar-refractivity contribution is 7.93. The quantitative estimate of drug-likeness (QED) is 0.681. The first-order chi connectivity index (χ1) is 11.4. The van der Waals surface area contributed by atoms with Crippen molar-refractivity contribution >= 4 is 44.0 Å². The summed E-state index contributed by atoms with van der Waals surface area (Å²) >= 11 is 6.89. The van der Waals surface area contributed by atoms with Crippen LogP contribution in [0.2, 0.25) is 5.02 Å². The minimum atomic E-state index is -3.72. The zero-order valence-electron chi connectivity index (χ0n) is 13.1. The average Bonchev–Trinajstić information content (AvgIpc) is 2.94. The number of carbonyl (C=O) groups excluding carboxylic acids is 1. The van der Waals surface area contributed by atoms with Gasteiger partial charge in [-0.3, -0.25) is 9.52 Å². The number of hydrogen-bond acceptors (Lipinski definition) is 5. The van der Waals surface area contributed by atoms with Crippen LogP contribution in [0.5, 0.6) is 0 Å². The van der Waals surface area contributed by atoms with Gasteiger partial charge >= 0.3 is 0 Å². The summed E-state index contributed by atoms with van der Waals surface area (Å²) in [5.74, 6) is -0.124. The Morgan fingerprint density at radius 2 is 2.00 bits per heavy atom. The third-order valence-electron chi connectivity index (χ3n) is 3.09. The molecule has 0 fully saturated rings. The molecule has 0 saturated heterocycles. The second kappa shape index (κ2) is 8.46. The first-order valence-corrected chi connectivity index (χ1v) is 10.1. The molecule has 6 nitrogen and oxygen atoms in total. The summed E-state index contributed by atoms with van der Waals surface area (Å²) < 4.78 is 26.9. The van der Waals surface area contributed by atoms with Crippen molar-refractivity contribution in [3.05, 3.63) is 40.4 Å². The Labute approximate surface area is 150 Å². The number of anilines is 1. The number of thiazole rings is 1. The second-order valence-corrected chi connectivity index (χ2v) is 8.06. The van der Waals surface area contributed by atoms with Gasteiger partial charge in [0.05, 0.1) is 17.0 Å². The van der Waals surface area contributed by atoms with Crippen LogP contribution in [0, 0.1) is 0 Å². The summed E-state index contributed by atoms with van der Waals surface area (Å²) in [4.78, 5) is 16.0. The molecule has 1 aromatic carbocycles. The zero-order chi connectivity index (χ0) is 17.6. The minimum Gasteiger partial charge on any atom is -0.356 e. The Morgan fingerprint density at radius 3 is 2.67 bits per heavy atom. The molecule has 2 rings (SSSR count). The lowest BCUT2D eigenvalue weighted by atomic mass is 10.3. The van der Waals surface area contributed by atoms with Crippen LogP contribution >= 0.6 is 22.9 Å². The van der Waals surface area contributed by atoms with Crippen molar-refractivity contribution in [2.45, 2.75) is 31.1 Å². The molecule has 9 heteroatoms. The van der Waals surface area contributed by atoms with E-state index >= 15 is 0 Å². The van der Waals surface area contributed by atoms with Crippen LogP contribution in [0.1, 0.15) is 25.5 Å². The van der Waals surface area contributed by atoms with Gasteiger partial charge in [0.1, 0.15) is 0 Å². The first kappa shape index (κ1) is 18.7. The van der Waals surface area contributed by atoms with Crippen molar-refractivity contribution in [1.82, 2.24) is 10.3 Å². The maximum absolute atomic E-state index is 12.3. The predicted octanol–water partition coefficient (Wildman–Crippen LogP) is 3.06. The molecule has 0 unspecified atom stereocenters. The largest absolute Gasteiger partial charge is 0.356 e. The van der Waals surface area contributed by atoms with Crippen LogP contribution in [0.25, 0.3) is 0 Å². The number of unbranched alkanes of at least 4 members (excludes halogenated alkanes) is 1. The van der Waals surface area contributed by atoms with Crippen LogP contribution in [0.3, 0.4) is 0 Å². The lowest BCUT2D eigenvalue weighted by Gasteiger charge is -2.05. The van der Waals surface area contributed by atoms with E-state index < -0.39 is 10.0 Å². The molecule has 0 bridgehead atoms. The second-order valence-electron chi connectivity index (χ2n) is 5.08. The van der Waals surface area contributed by atoms with Crippen LogP contribution in [-0.4, -0.2) is 25.9 Å². The molecule has 130 valence electrons. The fourth-order valence-electron chi connectivity index (χ4n) is 1.85. The van der Waals surface area contributed by atoms with Gasteiger partial charge in [-0.2, -0.15) is 0 Å². The Bertz CT molecular complexity index is 789. The number of hydrogen-bond donors (Lipinski definition) is 2. The maximum atomic E-state index is 12.3. The maximum Gasteiger partial charge on any atom is 0.263 e. The van der Waals surface area contributed by atoms with Crippen molar-refractivity contribution in [3.63, 3.8) is 0 Å². The van der Waals surface area contributed by atoms with Crippen molar-refractivity contribution in [2.75, 3.05) is 11.3 Å². The van der Waals surface area contributed by atoms with Crippen LogP contribution in [0.15, 0.2) is 34.5 Å². The molecule has 24 heavy (non-hydrogen) atoms. The van der Waals surface area contributed by atoms with Gasteiger partial charge in [-0.1, -0.05) is 24.9 Å². The fourth-order valence-corrected chi connectivity index (χ4v) is 3.94. The topological polar surface area (TPSA) is 88.2 Å². The molecule has 1 heterocycles. The number of carbonyl (C=O) groups is 1. The molecule has 1 aromatic heterocycles. The molecule has 0 saturated carbocycles. The molecule has 2 N–H and O–H groups in total. The number of amides is 1. The van der Waals surface area contributed by atoms with E-state index in [4.69, 9.17) is 11.6 Å². The summed E-state index contributed by atoms with van der Waals surface area (Å²) in [6.45, 7) is 2.68. The first-order valence-electron chi connectivity index (χ1n) is 7.40. The van der Waals surface area contributed by atoms with Crippen molar-refractivity contribution in [2.24, 2.45) is 0 Å². The number of sulfonamides is 1. The van der Waals surface area contributed by atoms with Crippen LogP contribution < -0.4 is 10.0 Å². The van der Waals surface area contributed by atoms with Crippen molar-refractivity contribution in [3.8, 4) is 0 Å². The van der Waals surface area contributed by atoms with Crippen LogP contribution in [0.4, 0.5) is 5.13 Å². The van der Waals surface area contributed by atoms with E-state index in [9.17, 15) is 13.2 Å². The molecular weight excluding hydrogens is 370 g/mol. The van der Waals surface area contributed by atoms with Crippen molar-refractivity contribution in [1.29, 1.82) is 0 Å². The van der Waals surface area contributed by atoms with E-state index in [2.05, 4.69) is 15.0 Å². The summed E-state index contributed by atoms with van der Waals surface area (Å²) in [7, 11) is -3.72. The third kappa shape index (κ3) is 5.47. The standard InChI is InChI=1S/C15H18ClN3O3S2/c1-2-3-8-17-14(20)9-12-10-23-15(18-12)19-24(21,22)13-6-4-11(16)5-7-13/h4-7,10H,2-3,8-9H2,1H3,(H,17,20)(H,18,19). The average molecular weight is 388 g/mol. The van der Waals surface area contributed by atoms with Crippen molar-refractivity contribution < 1.29 is 13.2 Å². The SMILES string of the molecule is CCCCNC(=O)Cc1csc(NS(=O)(=O)c2ccc(Cl)cc2)n1. The third-order valence-corrected chi connectivity index (χ3v) is 5.63. The van der Waals surface area contributed by atoms with Gasteiger partial charge in [0, 0.05) is 16.9 Å². The van der Waals surface area contributed by atoms with Crippen LogP contribution in [-0.2, 0) is 21.2 Å². The molecular formula is C15H18ClN3O3S2. The predicted molar refractivity (Wildman–Crippen MR) is 96.0 cm³/mol.